The third-order valence-electron chi connectivity index (χ3n) is 5.48. The largest absolute Gasteiger partial charge is 0.504 e. The summed E-state index contributed by atoms with van der Waals surface area (Å²) in [7, 11) is 1.73. The van der Waals surface area contributed by atoms with Crippen molar-refractivity contribution in [3.63, 3.8) is 0 Å². The topological polar surface area (TPSA) is 94.3 Å². The molecule has 3 N–H and O–H groups in total. The summed E-state index contributed by atoms with van der Waals surface area (Å²) in [6.45, 7) is 3.69. The Labute approximate surface area is 175 Å². The number of ether oxygens (including phenoxy) is 3. The van der Waals surface area contributed by atoms with Crippen LogP contribution < -0.4 is 15.4 Å². The van der Waals surface area contributed by atoms with Crippen LogP contribution in [0.5, 0.6) is 11.5 Å². The average molecular weight is 410 g/mol. The smallest absolute Gasteiger partial charge is 0.258 e. The molecule has 0 saturated carbocycles. The molecular weight excluding hydrogens is 384 g/mol. The van der Waals surface area contributed by atoms with Crippen molar-refractivity contribution >= 4 is 23.2 Å². The number of nitrogens with zero attached hydrogens (tertiary/aromatic N) is 1. The maximum absolute atomic E-state index is 13.0. The number of nitrogens with two attached hydrogens (primary N) is 1. The van der Waals surface area contributed by atoms with Crippen molar-refractivity contribution in [2.45, 2.75) is 19.1 Å². The molecule has 2 heterocycles. The molecule has 2 aliphatic rings. The van der Waals surface area contributed by atoms with Crippen LogP contribution in [0.25, 0.3) is 11.6 Å². The molecule has 4 rings (SSSR count). The van der Waals surface area contributed by atoms with E-state index in [4.69, 9.17) is 19.9 Å². The first-order valence-corrected chi connectivity index (χ1v) is 10.1. The molecule has 0 aliphatic carbocycles. The van der Waals surface area contributed by atoms with Crippen LogP contribution in [0.4, 0.5) is 5.69 Å². The van der Waals surface area contributed by atoms with E-state index in [2.05, 4.69) is 0 Å². The third-order valence-corrected chi connectivity index (χ3v) is 5.48. The summed E-state index contributed by atoms with van der Waals surface area (Å²) >= 11 is 0. The highest BCUT2D eigenvalue weighted by Gasteiger charge is 2.40. The van der Waals surface area contributed by atoms with Gasteiger partial charge in [0.15, 0.2) is 17.3 Å². The number of carbonyl (C=O) groups is 1. The molecule has 7 heteroatoms. The highest BCUT2D eigenvalue weighted by atomic mass is 16.7. The van der Waals surface area contributed by atoms with E-state index in [0.29, 0.717) is 49.7 Å². The number of para-hydroxylation sites is 1. The number of benzene rings is 2. The minimum absolute atomic E-state index is 0.00830. The molecule has 158 valence electrons. The molecule has 30 heavy (non-hydrogen) atoms. The highest BCUT2D eigenvalue weighted by Crippen LogP contribution is 2.43. The van der Waals surface area contributed by atoms with E-state index < -0.39 is 5.79 Å². The molecule has 2 aliphatic heterocycles. The Morgan fingerprint density at radius 3 is 2.73 bits per heavy atom. The number of amides is 1. The normalized spacial score (nSPS) is 18.8. The number of aromatic hydroxyl groups is 1. The minimum atomic E-state index is -0.893. The lowest BCUT2D eigenvalue weighted by Gasteiger charge is -2.28. The van der Waals surface area contributed by atoms with Crippen LogP contribution in [-0.4, -0.2) is 44.4 Å². The number of likely N-dealkylation sites (N-methyl/N-ethyl adjacent to an activating group) is 1. The molecule has 0 radical (unpaired) electrons. The Bertz CT molecular complexity index is 995. The highest BCUT2D eigenvalue weighted by molar-refractivity contribution is 6.35. The first kappa shape index (κ1) is 20.4. The number of rotatable bonds is 6. The quantitative estimate of drug-likeness (QED) is 0.712. The molecule has 0 spiro atoms. The number of fused-ring (bicyclic) bond motifs is 1. The summed E-state index contributed by atoms with van der Waals surface area (Å²) < 4.78 is 17.3. The van der Waals surface area contributed by atoms with E-state index in [1.54, 1.807) is 36.2 Å². The van der Waals surface area contributed by atoms with Gasteiger partial charge in [-0.2, -0.15) is 0 Å². The SMILES string of the molecule is CCOc1cccc(/C=C2\C(=O)N(C)c3ccc(C4(CCN)OCCO4)cc32)c1O. The fourth-order valence-electron chi connectivity index (χ4n) is 4.01. The molecule has 1 fully saturated rings. The van der Waals surface area contributed by atoms with E-state index in [0.717, 1.165) is 16.8 Å². The second-order valence-electron chi connectivity index (χ2n) is 7.27. The molecule has 2 aromatic carbocycles. The molecule has 0 atom stereocenters. The van der Waals surface area contributed by atoms with Crippen LogP contribution in [0.1, 0.15) is 30.0 Å². The maximum atomic E-state index is 13.0. The van der Waals surface area contributed by atoms with Crippen molar-refractivity contribution in [2.75, 3.05) is 38.3 Å². The first-order valence-electron chi connectivity index (χ1n) is 10.1. The Morgan fingerprint density at radius 1 is 1.27 bits per heavy atom. The fourth-order valence-corrected chi connectivity index (χ4v) is 4.01. The standard InChI is InChI=1S/C23H26N2O5/c1-3-28-20-6-4-5-15(21(20)26)13-18-17-14-16(7-8-19(17)25(2)22(18)27)23(9-10-24)29-11-12-30-23/h4-8,13-14,26H,3,9-12,24H2,1-2H3/b18-13-. The summed E-state index contributed by atoms with van der Waals surface area (Å²) in [5.41, 5.74) is 9.17. The molecule has 1 saturated heterocycles. The van der Waals surface area contributed by atoms with Gasteiger partial charge in [-0.25, -0.2) is 0 Å². The van der Waals surface area contributed by atoms with Gasteiger partial charge in [0, 0.05) is 35.7 Å². The first-order chi connectivity index (χ1) is 14.5. The Balaban J connectivity index is 1.81. The predicted octanol–water partition coefficient (Wildman–Crippen LogP) is 2.86. The number of phenolic OH excluding ortho intramolecular Hbond substituents is 1. The molecule has 0 unspecified atom stereocenters. The van der Waals surface area contributed by atoms with E-state index >= 15 is 0 Å². The van der Waals surface area contributed by atoms with Crippen LogP contribution in [0.3, 0.4) is 0 Å². The third kappa shape index (κ3) is 3.35. The van der Waals surface area contributed by atoms with Gasteiger partial charge in [0.2, 0.25) is 0 Å². The predicted molar refractivity (Wildman–Crippen MR) is 114 cm³/mol. The average Bonchev–Trinajstić information content (AvgIpc) is 3.31. The second-order valence-corrected chi connectivity index (χ2v) is 7.27. The van der Waals surface area contributed by atoms with E-state index in [1.807, 2.05) is 25.1 Å². The monoisotopic (exact) mass is 410 g/mol. The maximum Gasteiger partial charge on any atom is 0.258 e. The number of anilines is 1. The van der Waals surface area contributed by atoms with Crippen molar-refractivity contribution in [2.24, 2.45) is 5.73 Å². The van der Waals surface area contributed by atoms with Gasteiger partial charge in [0.1, 0.15) is 0 Å². The lowest BCUT2D eigenvalue weighted by Crippen LogP contribution is -2.30. The van der Waals surface area contributed by atoms with Crippen molar-refractivity contribution in [3.05, 3.63) is 53.1 Å². The van der Waals surface area contributed by atoms with Crippen molar-refractivity contribution in [1.29, 1.82) is 0 Å². The molecule has 0 bridgehead atoms. The van der Waals surface area contributed by atoms with Gasteiger partial charge in [0.05, 0.1) is 25.5 Å². The van der Waals surface area contributed by atoms with Crippen LogP contribution in [0.2, 0.25) is 0 Å². The second kappa shape index (κ2) is 8.10. The Kier molecular flexibility index (Phi) is 5.51. The van der Waals surface area contributed by atoms with E-state index in [9.17, 15) is 9.90 Å². The van der Waals surface area contributed by atoms with E-state index in [1.165, 1.54) is 0 Å². The summed E-state index contributed by atoms with van der Waals surface area (Å²) in [5.74, 6) is -0.649. The molecular formula is C23H26N2O5. The van der Waals surface area contributed by atoms with Crippen molar-refractivity contribution < 1.29 is 24.1 Å². The van der Waals surface area contributed by atoms with Crippen molar-refractivity contribution in [3.8, 4) is 11.5 Å². The van der Waals surface area contributed by atoms with Gasteiger partial charge in [0.25, 0.3) is 5.91 Å². The van der Waals surface area contributed by atoms with E-state index in [-0.39, 0.29) is 11.7 Å². The van der Waals surface area contributed by atoms with Crippen LogP contribution in [0.15, 0.2) is 36.4 Å². The lowest BCUT2D eigenvalue weighted by atomic mass is 9.96. The number of hydrogen-bond donors (Lipinski definition) is 2. The number of phenols is 1. The zero-order chi connectivity index (χ0) is 21.3. The molecule has 2 aromatic rings. The van der Waals surface area contributed by atoms with Crippen molar-refractivity contribution in [1.82, 2.24) is 0 Å². The van der Waals surface area contributed by atoms with Gasteiger partial charge in [-0.15, -0.1) is 0 Å². The lowest BCUT2D eigenvalue weighted by molar-refractivity contribution is -0.168. The Morgan fingerprint density at radius 2 is 2.03 bits per heavy atom. The molecule has 1 amide bonds. The minimum Gasteiger partial charge on any atom is -0.504 e. The van der Waals surface area contributed by atoms with Gasteiger partial charge < -0.3 is 30.0 Å². The summed E-state index contributed by atoms with van der Waals surface area (Å²) in [5, 5.41) is 10.6. The summed E-state index contributed by atoms with van der Waals surface area (Å²) in [6, 6.07) is 11.0. The zero-order valence-electron chi connectivity index (χ0n) is 17.2. The van der Waals surface area contributed by atoms with Crippen LogP contribution in [-0.2, 0) is 20.1 Å². The Hall–Kier alpha value is -2.87. The summed E-state index contributed by atoms with van der Waals surface area (Å²) in [4.78, 5) is 14.6. The van der Waals surface area contributed by atoms with Gasteiger partial charge in [-0.1, -0.05) is 18.2 Å². The van der Waals surface area contributed by atoms with Gasteiger partial charge in [-0.3, -0.25) is 4.79 Å². The van der Waals surface area contributed by atoms with Gasteiger partial charge in [-0.05, 0) is 37.7 Å². The fraction of sp³-hybridized carbons (Fsp3) is 0.348. The van der Waals surface area contributed by atoms with Crippen LogP contribution >= 0.6 is 0 Å². The number of carbonyl (C=O) groups excluding carboxylic acids is 1. The van der Waals surface area contributed by atoms with Gasteiger partial charge >= 0.3 is 0 Å². The number of hydrogen-bond acceptors (Lipinski definition) is 6. The summed E-state index contributed by atoms with van der Waals surface area (Å²) in [6.07, 6.45) is 2.21. The molecule has 0 aromatic heterocycles. The molecule has 7 nitrogen and oxygen atoms in total. The van der Waals surface area contributed by atoms with Crippen LogP contribution in [0, 0.1) is 0 Å². The zero-order valence-corrected chi connectivity index (χ0v) is 17.2.